The summed E-state index contributed by atoms with van der Waals surface area (Å²) < 4.78 is 3.67. The lowest BCUT2D eigenvalue weighted by atomic mass is 10.2. The summed E-state index contributed by atoms with van der Waals surface area (Å²) in [6.45, 7) is 2.57. The summed E-state index contributed by atoms with van der Waals surface area (Å²) in [7, 11) is 0. The smallest absolute Gasteiger partial charge is 0.287 e. The summed E-state index contributed by atoms with van der Waals surface area (Å²) in [6.07, 6.45) is 0. The van der Waals surface area contributed by atoms with Crippen LogP contribution in [-0.4, -0.2) is 9.13 Å². The molecule has 3 nitrogen and oxygen atoms in total. The number of thioether (sulfide) groups is 1. The minimum atomic E-state index is -0.000820. The van der Waals surface area contributed by atoms with Crippen LogP contribution >= 0.6 is 11.8 Å². The number of rotatable bonds is 6. The highest BCUT2D eigenvalue weighted by Crippen LogP contribution is 2.21. The predicted molar refractivity (Wildman–Crippen MR) is 119 cm³/mol. The lowest BCUT2D eigenvalue weighted by Gasteiger charge is -2.04. The fourth-order valence-electron chi connectivity index (χ4n) is 3.35. The standard InChI is InChI=1S/C24H22N2OS/c1-19(17-28-18-21-12-6-3-7-13-21)26-23-15-9-8-14-22(23)25(24(26)27)16-20-10-4-2-5-11-20/h2-15,17H,16,18H2,1H3/b19-17+. The maximum atomic E-state index is 13.2. The molecule has 1 heterocycles. The number of hydrogen-bond donors (Lipinski definition) is 0. The van der Waals surface area contributed by atoms with Crippen LogP contribution in [0.4, 0.5) is 0 Å². The topological polar surface area (TPSA) is 26.9 Å². The Labute approximate surface area is 168 Å². The van der Waals surface area contributed by atoms with E-state index in [2.05, 4.69) is 29.7 Å². The summed E-state index contributed by atoms with van der Waals surface area (Å²) in [5, 5.41) is 2.08. The van der Waals surface area contributed by atoms with Gasteiger partial charge in [0.2, 0.25) is 0 Å². The molecule has 0 aliphatic heterocycles. The molecule has 0 N–H and O–H groups in total. The van der Waals surface area contributed by atoms with Gasteiger partial charge in [-0.3, -0.25) is 9.13 Å². The van der Waals surface area contributed by atoms with Crippen molar-refractivity contribution in [1.29, 1.82) is 0 Å². The number of benzene rings is 3. The molecule has 0 bridgehead atoms. The molecule has 3 aromatic carbocycles. The Morgan fingerprint density at radius 3 is 2.07 bits per heavy atom. The second-order valence-electron chi connectivity index (χ2n) is 6.73. The van der Waals surface area contributed by atoms with Crippen LogP contribution in [0.5, 0.6) is 0 Å². The minimum Gasteiger partial charge on any atom is -0.287 e. The van der Waals surface area contributed by atoms with Crippen LogP contribution in [0, 0.1) is 0 Å². The van der Waals surface area contributed by atoms with E-state index in [0.29, 0.717) is 6.54 Å². The second-order valence-corrected chi connectivity index (χ2v) is 7.59. The maximum absolute atomic E-state index is 13.2. The van der Waals surface area contributed by atoms with Gasteiger partial charge in [-0.15, -0.1) is 11.8 Å². The summed E-state index contributed by atoms with van der Waals surface area (Å²) >= 11 is 1.71. The number of aromatic nitrogens is 2. The minimum absolute atomic E-state index is 0.000820. The van der Waals surface area contributed by atoms with Gasteiger partial charge in [-0.25, -0.2) is 4.79 Å². The normalized spacial score (nSPS) is 11.8. The van der Waals surface area contributed by atoms with Gasteiger partial charge < -0.3 is 0 Å². The molecular weight excluding hydrogens is 364 g/mol. The Morgan fingerprint density at radius 2 is 1.39 bits per heavy atom. The van der Waals surface area contributed by atoms with E-state index in [1.807, 2.05) is 76.7 Å². The van der Waals surface area contributed by atoms with E-state index in [1.165, 1.54) is 5.56 Å². The Kier molecular flexibility index (Phi) is 5.49. The van der Waals surface area contributed by atoms with Crippen LogP contribution < -0.4 is 5.69 Å². The SMILES string of the molecule is C/C(=C\SCc1ccccc1)n1c(=O)n(Cc2ccccc2)c2ccccc21. The van der Waals surface area contributed by atoms with E-state index in [-0.39, 0.29) is 5.69 Å². The molecule has 0 unspecified atom stereocenters. The molecule has 0 aliphatic carbocycles. The molecule has 4 aromatic rings. The third-order valence-corrected chi connectivity index (χ3v) is 5.73. The lowest BCUT2D eigenvalue weighted by molar-refractivity contribution is 0.766. The first-order chi connectivity index (χ1) is 13.7. The number of imidazole rings is 1. The third kappa shape index (κ3) is 3.82. The van der Waals surface area contributed by atoms with Crippen molar-refractivity contribution in [3.05, 3.63) is 112 Å². The van der Waals surface area contributed by atoms with E-state index >= 15 is 0 Å². The Bertz CT molecular complexity index is 1160. The summed E-state index contributed by atoms with van der Waals surface area (Å²) in [6, 6.07) is 28.5. The van der Waals surface area contributed by atoms with Gasteiger partial charge in [-0.05, 0) is 35.6 Å². The fourth-order valence-corrected chi connectivity index (χ4v) is 4.17. The van der Waals surface area contributed by atoms with E-state index in [4.69, 9.17) is 0 Å². The third-order valence-electron chi connectivity index (χ3n) is 4.72. The summed E-state index contributed by atoms with van der Waals surface area (Å²) in [5.74, 6) is 0.885. The van der Waals surface area contributed by atoms with Gasteiger partial charge in [0.05, 0.1) is 17.6 Å². The van der Waals surface area contributed by atoms with Crippen LogP contribution in [0.15, 0.2) is 95.1 Å². The molecule has 4 rings (SSSR count). The lowest BCUT2D eigenvalue weighted by Crippen LogP contribution is -2.23. The Morgan fingerprint density at radius 1 is 0.821 bits per heavy atom. The van der Waals surface area contributed by atoms with Crippen molar-refractivity contribution in [1.82, 2.24) is 9.13 Å². The molecule has 0 spiro atoms. The number of para-hydroxylation sites is 2. The Balaban J connectivity index is 1.68. The van der Waals surface area contributed by atoms with Crippen molar-refractivity contribution < 1.29 is 0 Å². The first kappa shape index (κ1) is 18.4. The predicted octanol–water partition coefficient (Wildman–Crippen LogP) is 5.60. The van der Waals surface area contributed by atoms with Gasteiger partial charge in [0, 0.05) is 11.4 Å². The monoisotopic (exact) mass is 386 g/mol. The highest BCUT2D eigenvalue weighted by molar-refractivity contribution is 8.01. The molecule has 140 valence electrons. The van der Waals surface area contributed by atoms with E-state index in [1.54, 1.807) is 11.8 Å². The molecule has 0 fully saturated rings. The maximum Gasteiger partial charge on any atom is 0.333 e. The highest BCUT2D eigenvalue weighted by Gasteiger charge is 2.14. The molecule has 0 radical (unpaired) electrons. The molecule has 4 heteroatoms. The van der Waals surface area contributed by atoms with Crippen LogP contribution in [0.1, 0.15) is 18.1 Å². The fraction of sp³-hybridized carbons (Fsp3) is 0.125. The number of fused-ring (bicyclic) bond motifs is 1. The van der Waals surface area contributed by atoms with Crippen molar-refractivity contribution in [3.8, 4) is 0 Å². The van der Waals surface area contributed by atoms with Crippen molar-refractivity contribution in [2.24, 2.45) is 0 Å². The highest BCUT2D eigenvalue weighted by atomic mass is 32.2. The average Bonchev–Trinajstić information content (AvgIpc) is 3.01. The van der Waals surface area contributed by atoms with Crippen molar-refractivity contribution in [2.75, 3.05) is 0 Å². The summed E-state index contributed by atoms with van der Waals surface area (Å²) in [5.41, 5.74) is 5.23. The van der Waals surface area contributed by atoms with Gasteiger partial charge in [0.1, 0.15) is 0 Å². The van der Waals surface area contributed by atoms with Gasteiger partial charge >= 0.3 is 5.69 Å². The van der Waals surface area contributed by atoms with Crippen molar-refractivity contribution >= 4 is 28.5 Å². The molecule has 0 saturated heterocycles. The number of nitrogens with zero attached hydrogens (tertiary/aromatic N) is 2. The zero-order valence-electron chi connectivity index (χ0n) is 15.8. The Hall–Kier alpha value is -2.98. The van der Waals surface area contributed by atoms with Crippen LogP contribution in [0.25, 0.3) is 16.7 Å². The molecule has 0 amide bonds. The molecule has 0 aliphatic rings. The zero-order chi connectivity index (χ0) is 19.3. The number of allylic oxidation sites excluding steroid dienone is 1. The van der Waals surface area contributed by atoms with Crippen LogP contribution in [-0.2, 0) is 12.3 Å². The van der Waals surface area contributed by atoms with Gasteiger partial charge in [0.15, 0.2) is 0 Å². The first-order valence-corrected chi connectivity index (χ1v) is 10.4. The quantitative estimate of drug-likeness (QED) is 0.431. The molecule has 0 atom stereocenters. The van der Waals surface area contributed by atoms with Crippen LogP contribution in [0.2, 0.25) is 0 Å². The molecule has 1 aromatic heterocycles. The van der Waals surface area contributed by atoms with Crippen molar-refractivity contribution in [3.63, 3.8) is 0 Å². The largest absolute Gasteiger partial charge is 0.333 e. The van der Waals surface area contributed by atoms with E-state index in [9.17, 15) is 4.79 Å². The van der Waals surface area contributed by atoms with Gasteiger partial charge in [-0.2, -0.15) is 0 Å². The molecule has 0 saturated carbocycles. The van der Waals surface area contributed by atoms with Crippen molar-refractivity contribution in [2.45, 2.75) is 19.2 Å². The summed E-state index contributed by atoms with van der Waals surface area (Å²) in [4.78, 5) is 13.2. The second kappa shape index (κ2) is 8.36. The first-order valence-electron chi connectivity index (χ1n) is 9.31. The molecule has 28 heavy (non-hydrogen) atoms. The molecular formula is C24H22N2OS. The van der Waals surface area contributed by atoms with E-state index < -0.39 is 0 Å². The van der Waals surface area contributed by atoms with E-state index in [0.717, 1.165) is 28.0 Å². The van der Waals surface area contributed by atoms with Gasteiger partial charge in [-0.1, -0.05) is 72.8 Å². The average molecular weight is 387 g/mol. The number of hydrogen-bond acceptors (Lipinski definition) is 2. The zero-order valence-corrected chi connectivity index (χ0v) is 16.6. The van der Waals surface area contributed by atoms with Crippen LogP contribution in [0.3, 0.4) is 0 Å². The van der Waals surface area contributed by atoms with Gasteiger partial charge in [0.25, 0.3) is 0 Å².